The Kier molecular flexibility index (Phi) is 5.71. The van der Waals surface area contributed by atoms with E-state index in [0.717, 1.165) is 18.7 Å². The number of hydrogen-bond donors (Lipinski definition) is 1. The Morgan fingerprint density at radius 3 is 2.72 bits per heavy atom. The number of nitrogens with one attached hydrogen (secondary N) is 1. The summed E-state index contributed by atoms with van der Waals surface area (Å²) in [4.78, 5) is 19.2. The van der Waals surface area contributed by atoms with Gasteiger partial charge in [0.25, 0.3) is 0 Å². The highest BCUT2D eigenvalue weighted by Gasteiger charge is 2.36. The van der Waals surface area contributed by atoms with E-state index >= 15 is 0 Å². The second-order valence-electron chi connectivity index (χ2n) is 6.61. The number of amides is 1. The molecule has 1 unspecified atom stereocenters. The predicted octanol–water partition coefficient (Wildman–Crippen LogP) is 0.616. The largest absolute Gasteiger partial charge is 0.333 e. The number of pyridine rings is 1. The van der Waals surface area contributed by atoms with Crippen molar-refractivity contribution in [1.29, 1.82) is 0 Å². The summed E-state index contributed by atoms with van der Waals surface area (Å²) in [6.07, 6.45) is 4.74. The zero-order valence-corrected chi connectivity index (χ0v) is 15.4. The van der Waals surface area contributed by atoms with Crippen LogP contribution in [0.15, 0.2) is 24.5 Å². The standard InChI is InChI=1S/C17H26N4O3S/c1-2-25(23,24)20-9-5-14(6-10-20)17(22)21-11-8-19-13-16(21)15-4-3-7-18-12-15/h3-4,7,12,14,16,19H,2,5-6,8-11,13H2,1H3. The molecule has 0 saturated carbocycles. The molecule has 1 atom stereocenters. The molecular weight excluding hydrogens is 340 g/mol. The number of aromatic nitrogens is 1. The van der Waals surface area contributed by atoms with E-state index in [2.05, 4.69) is 10.3 Å². The first-order chi connectivity index (χ1) is 12.0. The molecule has 1 amide bonds. The molecule has 0 aliphatic carbocycles. The molecule has 2 aliphatic rings. The van der Waals surface area contributed by atoms with Gasteiger partial charge in [-0.3, -0.25) is 9.78 Å². The molecule has 2 aliphatic heterocycles. The van der Waals surface area contributed by atoms with Crippen molar-refractivity contribution in [2.75, 3.05) is 38.5 Å². The summed E-state index contributed by atoms with van der Waals surface area (Å²) in [5.41, 5.74) is 1.04. The van der Waals surface area contributed by atoms with E-state index in [0.29, 0.717) is 32.5 Å². The zero-order valence-electron chi connectivity index (χ0n) is 14.6. The van der Waals surface area contributed by atoms with Gasteiger partial charge in [0.05, 0.1) is 11.8 Å². The highest BCUT2D eigenvalue weighted by Crippen LogP contribution is 2.28. The number of piperidine rings is 1. The van der Waals surface area contributed by atoms with Gasteiger partial charge in [-0.2, -0.15) is 0 Å². The molecule has 0 radical (unpaired) electrons. The second kappa shape index (κ2) is 7.80. The molecule has 3 heterocycles. The molecule has 1 aromatic heterocycles. The van der Waals surface area contributed by atoms with Crippen molar-refractivity contribution < 1.29 is 13.2 Å². The molecule has 1 N–H and O–H groups in total. The van der Waals surface area contributed by atoms with Gasteiger partial charge < -0.3 is 10.2 Å². The van der Waals surface area contributed by atoms with Crippen molar-refractivity contribution in [1.82, 2.24) is 19.5 Å². The molecular formula is C17H26N4O3S. The lowest BCUT2D eigenvalue weighted by Crippen LogP contribution is -2.52. The van der Waals surface area contributed by atoms with Crippen LogP contribution < -0.4 is 5.32 Å². The van der Waals surface area contributed by atoms with Gasteiger partial charge >= 0.3 is 0 Å². The lowest BCUT2D eigenvalue weighted by molar-refractivity contribution is -0.140. The van der Waals surface area contributed by atoms with Gasteiger partial charge in [0.1, 0.15) is 0 Å². The Morgan fingerprint density at radius 2 is 2.08 bits per heavy atom. The van der Waals surface area contributed by atoms with Gasteiger partial charge in [0.2, 0.25) is 15.9 Å². The van der Waals surface area contributed by atoms with Crippen LogP contribution in [-0.2, 0) is 14.8 Å². The van der Waals surface area contributed by atoms with Gasteiger partial charge in [-0.15, -0.1) is 0 Å². The maximum Gasteiger partial charge on any atom is 0.226 e. The summed E-state index contributed by atoms with van der Waals surface area (Å²) in [6.45, 7) is 4.72. The van der Waals surface area contributed by atoms with Gasteiger partial charge in [-0.05, 0) is 31.4 Å². The molecule has 8 heteroatoms. The molecule has 0 bridgehead atoms. The minimum atomic E-state index is -3.16. The fourth-order valence-electron chi connectivity index (χ4n) is 3.64. The first-order valence-electron chi connectivity index (χ1n) is 8.92. The number of rotatable bonds is 4. The molecule has 3 rings (SSSR count). The van der Waals surface area contributed by atoms with Crippen LogP contribution >= 0.6 is 0 Å². The Hall–Kier alpha value is -1.51. The number of carbonyl (C=O) groups is 1. The van der Waals surface area contributed by atoms with Crippen LogP contribution in [0.1, 0.15) is 31.4 Å². The molecule has 0 spiro atoms. The first kappa shape index (κ1) is 18.3. The van der Waals surface area contributed by atoms with E-state index in [1.54, 1.807) is 13.1 Å². The van der Waals surface area contributed by atoms with Crippen molar-refractivity contribution >= 4 is 15.9 Å². The highest BCUT2D eigenvalue weighted by molar-refractivity contribution is 7.89. The average Bonchev–Trinajstić information content (AvgIpc) is 2.68. The Balaban J connectivity index is 1.68. The molecule has 0 aromatic carbocycles. The smallest absolute Gasteiger partial charge is 0.226 e. The Labute approximate surface area is 149 Å². The summed E-state index contributed by atoms with van der Waals surface area (Å²) in [7, 11) is -3.16. The lowest BCUT2D eigenvalue weighted by atomic mass is 9.94. The van der Waals surface area contributed by atoms with Crippen molar-refractivity contribution in [3.05, 3.63) is 30.1 Å². The molecule has 2 saturated heterocycles. The fraction of sp³-hybridized carbons (Fsp3) is 0.647. The summed E-state index contributed by atoms with van der Waals surface area (Å²) in [5, 5.41) is 3.35. The SMILES string of the molecule is CCS(=O)(=O)N1CCC(C(=O)N2CCNCC2c2cccnc2)CC1. The third-order valence-electron chi connectivity index (χ3n) is 5.16. The van der Waals surface area contributed by atoms with Crippen molar-refractivity contribution in [3.63, 3.8) is 0 Å². The van der Waals surface area contributed by atoms with Crippen LogP contribution in [-0.4, -0.2) is 67.0 Å². The fourth-order valence-corrected chi connectivity index (χ4v) is 4.77. The van der Waals surface area contributed by atoms with Gasteiger partial charge in [0.15, 0.2) is 0 Å². The van der Waals surface area contributed by atoms with Crippen molar-refractivity contribution in [2.24, 2.45) is 5.92 Å². The number of nitrogens with zero attached hydrogens (tertiary/aromatic N) is 3. The van der Waals surface area contributed by atoms with E-state index in [1.807, 2.05) is 23.2 Å². The van der Waals surface area contributed by atoms with Crippen LogP contribution in [0.2, 0.25) is 0 Å². The van der Waals surface area contributed by atoms with Crippen LogP contribution in [0, 0.1) is 5.92 Å². The third kappa shape index (κ3) is 4.02. The minimum absolute atomic E-state index is 0.00708. The van der Waals surface area contributed by atoms with Gasteiger partial charge in [-0.25, -0.2) is 12.7 Å². The van der Waals surface area contributed by atoms with Crippen LogP contribution in [0.3, 0.4) is 0 Å². The monoisotopic (exact) mass is 366 g/mol. The summed E-state index contributed by atoms with van der Waals surface area (Å²) in [5.74, 6) is 0.163. The third-order valence-corrected chi connectivity index (χ3v) is 7.04. The maximum atomic E-state index is 13.1. The highest BCUT2D eigenvalue weighted by atomic mass is 32.2. The van der Waals surface area contributed by atoms with E-state index in [4.69, 9.17) is 0 Å². The number of carbonyl (C=O) groups excluding carboxylic acids is 1. The summed E-state index contributed by atoms with van der Waals surface area (Å²) < 4.78 is 25.5. The lowest BCUT2D eigenvalue weighted by Gasteiger charge is -2.40. The molecule has 7 nitrogen and oxygen atoms in total. The zero-order chi connectivity index (χ0) is 17.9. The number of hydrogen-bond acceptors (Lipinski definition) is 5. The molecule has 2 fully saturated rings. The number of sulfonamides is 1. The van der Waals surface area contributed by atoms with E-state index in [-0.39, 0.29) is 23.6 Å². The van der Waals surface area contributed by atoms with Crippen molar-refractivity contribution in [2.45, 2.75) is 25.8 Å². The normalized spacial score (nSPS) is 23.6. The van der Waals surface area contributed by atoms with Crippen LogP contribution in [0.4, 0.5) is 0 Å². The van der Waals surface area contributed by atoms with E-state index in [1.165, 1.54) is 4.31 Å². The summed E-state index contributed by atoms with van der Waals surface area (Å²) >= 11 is 0. The number of piperazine rings is 1. The van der Waals surface area contributed by atoms with E-state index < -0.39 is 10.0 Å². The maximum absolute atomic E-state index is 13.1. The molecule has 138 valence electrons. The summed E-state index contributed by atoms with van der Waals surface area (Å²) in [6, 6.07) is 3.88. The molecule has 25 heavy (non-hydrogen) atoms. The first-order valence-corrected chi connectivity index (χ1v) is 10.5. The topological polar surface area (TPSA) is 82.6 Å². The van der Waals surface area contributed by atoms with Crippen LogP contribution in [0.25, 0.3) is 0 Å². The Bertz CT molecular complexity index is 687. The second-order valence-corrected chi connectivity index (χ2v) is 8.87. The van der Waals surface area contributed by atoms with E-state index in [9.17, 15) is 13.2 Å². The minimum Gasteiger partial charge on any atom is -0.333 e. The van der Waals surface area contributed by atoms with Crippen LogP contribution in [0.5, 0.6) is 0 Å². The quantitative estimate of drug-likeness (QED) is 0.845. The van der Waals surface area contributed by atoms with Crippen molar-refractivity contribution in [3.8, 4) is 0 Å². The average molecular weight is 366 g/mol. The Morgan fingerprint density at radius 1 is 1.32 bits per heavy atom. The molecule has 1 aromatic rings. The predicted molar refractivity (Wildman–Crippen MR) is 95.3 cm³/mol. The van der Waals surface area contributed by atoms with Gasteiger partial charge in [-0.1, -0.05) is 6.07 Å². The van der Waals surface area contributed by atoms with Gasteiger partial charge in [0, 0.05) is 51.0 Å².